The standard InChI is InChI=1S/C19H27N3O3/c1-15(23)22(16-7-8-16)10-9-19(24)21-13-11-20(12-14-21)17-5-3-4-6-18(17)25-2/h3-6,16H,7-14H2,1-2H3. The van der Waals surface area contributed by atoms with E-state index in [0.717, 1.165) is 37.4 Å². The Hall–Kier alpha value is -2.24. The van der Waals surface area contributed by atoms with Crippen LogP contribution in [0.15, 0.2) is 24.3 Å². The smallest absolute Gasteiger partial charge is 0.224 e. The van der Waals surface area contributed by atoms with Gasteiger partial charge in [0, 0.05) is 52.1 Å². The van der Waals surface area contributed by atoms with Crippen molar-refractivity contribution in [3.8, 4) is 5.75 Å². The Labute approximate surface area is 149 Å². The average molecular weight is 345 g/mol. The van der Waals surface area contributed by atoms with Crippen molar-refractivity contribution in [1.82, 2.24) is 9.80 Å². The van der Waals surface area contributed by atoms with Crippen LogP contribution in [0, 0.1) is 0 Å². The maximum Gasteiger partial charge on any atom is 0.224 e. The third-order valence-corrected chi connectivity index (χ3v) is 5.02. The zero-order chi connectivity index (χ0) is 17.8. The Morgan fingerprint density at radius 2 is 1.84 bits per heavy atom. The quantitative estimate of drug-likeness (QED) is 0.788. The molecule has 0 unspecified atom stereocenters. The number of amides is 2. The Bertz CT molecular complexity index is 622. The Kier molecular flexibility index (Phi) is 5.46. The highest BCUT2D eigenvalue weighted by atomic mass is 16.5. The van der Waals surface area contributed by atoms with Crippen LogP contribution in [0.5, 0.6) is 5.75 Å². The zero-order valence-electron chi connectivity index (χ0n) is 15.1. The van der Waals surface area contributed by atoms with Crippen molar-refractivity contribution in [2.24, 2.45) is 0 Å². The van der Waals surface area contributed by atoms with E-state index in [0.29, 0.717) is 32.1 Å². The highest BCUT2D eigenvalue weighted by Crippen LogP contribution is 2.29. The van der Waals surface area contributed by atoms with Crippen LogP contribution in [0.25, 0.3) is 0 Å². The first-order valence-electron chi connectivity index (χ1n) is 9.03. The number of nitrogens with zero attached hydrogens (tertiary/aromatic N) is 3. The van der Waals surface area contributed by atoms with E-state index < -0.39 is 0 Å². The average Bonchev–Trinajstić information content (AvgIpc) is 3.46. The van der Waals surface area contributed by atoms with Crippen molar-refractivity contribution in [3.05, 3.63) is 24.3 Å². The van der Waals surface area contributed by atoms with Gasteiger partial charge in [-0.15, -0.1) is 0 Å². The minimum atomic E-state index is 0.0799. The molecule has 1 saturated carbocycles. The number of para-hydroxylation sites is 2. The van der Waals surface area contributed by atoms with Crippen molar-refractivity contribution in [3.63, 3.8) is 0 Å². The maximum atomic E-state index is 12.5. The molecular formula is C19H27N3O3. The number of hydrogen-bond acceptors (Lipinski definition) is 4. The van der Waals surface area contributed by atoms with Gasteiger partial charge in [0.1, 0.15) is 5.75 Å². The number of carbonyl (C=O) groups is 2. The molecule has 1 aromatic carbocycles. The zero-order valence-corrected chi connectivity index (χ0v) is 15.1. The third kappa shape index (κ3) is 4.24. The number of methoxy groups -OCH3 is 1. The van der Waals surface area contributed by atoms with E-state index >= 15 is 0 Å². The summed E-state index contributed by atoms with van der Waals surface area (Å²) >= 11 is 0. The summed E-state index contributed by atoms with van der Waals surface area (Å²) in [5.41, 5.74) is 1.08. The van der Waals surface area contributed by atoms with Crippen molar-refractivity contribution in [2.45, 2.75) is 32.2 Å². The molecule has 1 aliphatic carbocycles. The summed E-state index contributed by atoms with van der Waals surface area (Å²) in [6.45, 7) is 5.15. The molecule has 0 N–H and O–H groups in total. The van der Waals surface area contributed by atoms with Crippen molar-refractivity contribution < 1.29 is 14.3 Å². The number of rotatable bonds is 6. The highest BCUT2D eigenvalue weighted by molar-refractivity contribution is 5.78. The van der Waals surface area contributed by atoms with Crippen LogP contribution in [0.4, 0.5) is 5.69 Å². The lowest BCUT2D eigenvalue weighted by molar-refractivity contribution is -0.133. The molecule has 0 radical (unpaired) electrons. The Morgan fingerprint density at radius 3 is 2.44 bits per heavy atom. The molecule has 1 aromatic rings. The first-order valence-corrected chi connectivity index (χ1v) is 9.03. The van der Waals surface area contributed by atoms with E-state index in [2.05, 4.69) is 11.0 Å². The minimum Gasteiger partial charge on any atom is -0.495 e. The fourth-order valence-corrected chi connectivity index (χ4v) is 3.45. The van der Waals surface area contributed by atoms with Gasteiger partial charge in [-0.1, -0.05) is 12.1 Å². The lowest BCUT2D eigenvalue weighted by atomic mass is 10.2. The van der Waals surface area contributed by atoms with Crippen LogP contribution >= 0.6 is 0 Å². The number of anilines is 1. The van der Waals surface area contributed by atoms with E-state index in [1.54, 1.807) is 14.0 Å². The van der Waals surface area contributed by atoms with Crippen LogP contribution in [-0.4, -0.2) is 67.5 Å². The summed E-state index contributed by atoms with van der Waals surface area (Å²) in [6.07, 6.45) is 2.57. The molecule has 1 aliphatic heterocycles. The van der Waals surface area contributed by atoms with Gasteiger partial charge in [-0.3, -0.25) is 9.59 Å². The van der Waals surface area contributed by atoms with Gasteiger partial charge in [0.2, 0.25) is 11.8 Å². The number of carbonyl (C=O) groups excluding carboxylic acids is 2. The van der Waals surface area contributed by atoms with Gasteiger partial charge in [-0.25, -0.2) is 0 Å². The monoisotopic (exact) mass is 345 g/mol. The van der Waals surface area contributed by atoms with Crippen molar-refractivity contribution in [1.29, 1.82) is 0 Å². The van der Waals surface area contributed by atoms with E-state index in [-0.39, 0.29) is 11.8 Å². The van der Waals surface area contributed by atoms with Crippen LogP contribution in [0.2, 0.25) is 0 Å². The molecule has 0 spiro atoms. The normalized spacial score (nSPS) is 17.4. The predicted molar refractivity (Wildman–Crippen MR) is 96.8 cm³/mol. The molecular weight excluding hydrogens is 318 g/mol. The maximum absolute atomic E-state index is 12.5. The number of benzene rings is 1. The summed E-state index contributed by atoms with van der Waals surface area (Å²) in [4.78, 5) is 30.2. The summed E-state index contributed by atoms with van der Waals surface area (Å²) in [6, 6.07) is 8.34. The molecule has 1 heterocycles. The first kappa shape index (κ1) is 17.6. The van der Waals surface area contributed by atoms with Crippen LogP contribution in [-0.2, 0) is 9.59 Å². The van der Waals surface area contributed by atoms with E-state index in [9.17, 15) is 9.59 Å². The molecule has 2 amide bonds. The summed E-state index contributed by atoms with van der Waals surface area (Å²) in [7, 11) is 1.68. The van der Waals surface area contributed by atoms with Crippen molar-refractivity contribution >= 4 is 17.5 Å². The van der Waals surface area contributed by atoms with Crippen LogP contribution in [0.3, 0.4) is 0 Å². The molecule has 0 atom stereocenters. The molecule has 6 heteroatoms. The van der Waals surface area contributed by atoms with Crippen molar-refractivity contribution in [2.75, 3.05) is 44.7 Å². The molecule has 6 nitrogen and oxygen atoms in total. The molecule has 136 valence electrons. The second-order valence-electron chi connectivity index (χ2n) is 6.73. The largest absolute Gasteiger partial charge is 0.495 e. The summed E-state index contributed by atoms with van der Waals surface area (Å²) in [5.74, 6) is 1.09. The van der Waals surface area contributed by atoms with E-state index in [1.807, 2.05) is 28.0 Å². The van der Waals surface area contributed by atoms with E-state index in [1.165, 1.54) is 0 Å². The lowest BCUT2D eigenvalue weighted by Crippen LogP contribution is -2.49. The lowest BCUT2D eigenvalue weighted by Gasteiger charge is -2.37. The van der Waals surface area contributed by atoms with Crippen LogP contribution < -0.4 is 9.64 Å². The molecule has 0 bridgehead atoms. The molecule has 2 aliphatic rings. The van der Waals surface area contributed by atoms with Gasteiger partial charge in [0.05, 0.1) is 12.8 Å². The van der Waals surface area contributed by atoms with Gasteiger partial charge in [0.15, 0.2) is 0 Å². The Balaban J connectivity index is 1.50. The molecule has 0 aromatic heterocycles. The number of hydrogen-bond donors (Lipinski definition) is 0. The third-order valence-electron chi connectivity index (χ3n) is 5.02. The second-order valence-corrected chi connectivity index (χ2v) is 6.73. The highest BCUT2D eigenvalue weighted by Gasteiger charge is 2.31. The van der Waals surface area contributed by atoms with Gasteiger partial charge in [0.25, 0.3) is 0 Å². The van der Waals surface area contributed by atoms with Gasteiger partial charge >= 0.3 is 0 Å². The SMILES string of the molecule is COc1ccccc1N1CCN(C(=O)CCN(C(C)=O)C2CC2)CC1. The number of piperazine rings is 1. The first-order chi connectivity index (χ1) is 12.1. The summed E-state index contributed by atoms with van der Waals surface area (Å²) in [5, 5.41) is 0. The fourth-order valence-electron chi connectivity index (χ4n) is 3.45. The second kappa shape index (κ2) is 7.76. The number of ether oxygens (including phenoxy) is 1. The van der Waals surface area contributed by atoms with Crippen LogP contribution in [0.1, 0.15) is 26.2 Å². The topological polar surface area (TPSA) is 53.1 Å². The van der Waals surface area contributed by atoms with Gasteiger partial charge in [-0.2, -0.15) is 0 Å². The predicted octanol–water partition coefficient (Wildman–Crippen LogP) is 1.74. The molecule has 25 heavy (non-hydrogen) atoms. The Morgan fingerprint density at radius 1 is 1.16 bits per heavy atom. The fraction of sp³-hybridized carbons (Fsp3) is 0.579. The minimum absolute atomic E-state index is 0.0799. The molecule has 1 saturated heterocycles. The molecule has 2 fully saturated rings. The molecule has 3 rings (SSSR count). The van der Waals surface area contributed by atoms with Gasteiger partial charge < -0.3 is 19.4 Å². The summed E-state index contributed by atoms with van der Waals surface area (Å²) < 4.78 is 5.43. The van der Waals surface area contributed by atoms with E-state index in [4.69, 9.17) is 4.74 Å². The van der Waals surface area contributed by atoms with Gasteiger partial charge in [-0.05, 0) is 25.0 Å².